The maximum absolute atomic E-state index is 11.6. The molecule has 1 fully saturated rings. The highest BCUT2D eigenvalue weighted by Crippen LogP contribution is 2.32. The third-order valence-corrected chi connectivity index (χ3v) is 3.74. The number of pyridine rings is 1. The van der Waals surface area contributed by atoms with Crippen LogP contribution in [0.5, 0.6) is 0 Å². The van der Waals surface area contributed by atoms with Gasteiger partial charge in [-0.15, -0.1) is 0 Å². The first-order valence-corrected chi connectivity index (χ1v) is 8.21. The predicted octanol–water partition coefficient (Wildman–Crippen LogP) is 0.983. The first-order valence-electron chi connectivity index (χ1n) is 8.21. The minimum Gasteiger partial charge on any atom is -0.482 e. The molecule has 0 spiro atoms. The van der Waals surface area contributed by atoms with E-state index in [1.54, 1.807) is 19.2 Å². The van der Waals surface area contributed by atoms with Crippen LogP contribution < -0.4 is 4.57 Å². The summed E-state index contributed by atoms with van der Waals surface area (Å²) in [4.78, 5) is 34.0. The number of hydrogen-bond acceptors (Lipinski definition) is 7. The molecule has 1 aliphatic rings. The lowest BCUT2D eigenvalue weighted by molar-refractivity contribution is -0.765. The molecular weight excluding hydrogens is 358 g/mol. The molecule has 9 heteroatoms. The average Bonchev–Trinajstić information content (AvgIpc) is 2.89. The number of nitrogens with zero attached hydrogens (tertiary/aromatic N) is 1. The molecule has 1 aromatic heterocycles. The lowest BCUT2D eigenvalue weighted by atomic mass is 10.1. The van der Waals surface area contributed by atoms with Crippen LogP contribution in [0.3, 0.4) is 0 Å². The summed E-state index contributed by atoms with van der Waals surface area (Å²) in [6.07, 6.45) is -0.351. The molecular formula is C18H22NO8+. The number of aromatic carboxylic acids is 1. The van der Waals surface area contributed by atoms with Crippen molar-refractivity contribution in [2.24, 2.45) is 0 Å². The van der Waals surface area contributed by atoms with Crippen molar-refractivity contribution < 1.29 is 43.0 Å². The molecule has 1 aliphatic heterocycles. The van der Waals surface area contributed by atoms with E-state index in [-0.39, 0.29) is 12.2 Å². The standard InChI is InChI=1S/C18H21NO8/c1-10(2)25-16-15(26-12(4)21)14(9-24-11(3)20)27-17(16)19-7-5-6-13(8-19)18(22)23/h5-8,14-17H,1,9H2,2-4H3/p+1/t14-,15-,16-,17-/m1/s1. The predicted molar refractivity (Wildman–Crippen MR) is 89.4 cm³/mol. The first kappa shape index (κ1) is 20.4. The van der Waals surface area contributed by atoms with Gasteiger partial charge in [0.1, 0.15) is 18.3 Å². The van der Waals surface area contributed by atoms with Crippen molar-refractivity contribution in [1.29, 1.82) is 0 Å². The van der Waals surface area contributed by atoms with Crippen molar-refractivity contribution in [2.45, 2.75) is 45.3 Å². The fraction of sp³-hybridized carbons (Fsp3) is 0.444. The van der Waals surface area contributed by atoms with Crippen LogP contribution in [0.25, 0.3) is 0 Å². The molecule has 4 atom stereocenters. The molecule has 0 unspecified atom stereocenters. The number of esters is 2. The minimum atomic E-state index is -1.10. The number of carboxylic acids is 1. The molecule has 1 saturated heterocycles. The van der Waals surface area contributed by atoms with Crippen molar-refractivity contribution >= 4 is 17.9 Å². The van der Waals surface area contributed by atoms with Crippen LogP contribution in [0.2, 0.25) is 0 Å². The van der Waals surface area contributed by atoms with Gasteiger partial charge >= 0.3 is 24.1 Å². The smallest absolute Gasteiger partial charge is 0.341 e. The van der Waals surface area contributed by atoms with E-state index < -0.39 is 42.4 Å². The molecule has 9 nitrogen and oxygen atoms in total. The van der Waals surface area contributed by atoms with Crippen LogP contribution in [0, 0.1) is 0 Å². The van der Waals surface area contributed by atoms with Crippen molar-refractivity contribution in [3.8, 4) is 0 Å². The summed E-state index contributed by atoms with van der Waals surface area (Å²) in [5, 5.41) is 9.21. The highest BCUT2D eigenvalue weighted by Gasteiger charge is 2.54. The van der Waals surface area contributed by atoms with Crippen LogP contribution >= 0.6 is 0 Å². The highest BCUT2D eigenvalue weighted by atomic mass is 16.6. The van der Waals surface area contributed by atoms with Gasteiger partial charge < -0.3 is 24.1 Å². The number of carbonyl (C=O) groups excluding carboxylic acids is 2. The van der Waals surface area contributed by atoms with E-state index in [1.807, 2.05) is 0 Å². The summed E-state index contributed by atoms with van der Waals surface area (Å²) < 4.78 is 23.5. The molecule has 0 aromatic carbocycles. The molecule has 0 amide bonds. The van der Waals surface area contributed by atoms with E-state index in [2.05, 4.69) is 6.58 Å². The van der Waals surface area contributed by atoms with E-state index in [4.69, 9.17) is 18.9 Å². The zero-order valence-electron chi connectivity index (χ0n) is 15.3. The minimum absolute atomic E-state index is 0.0441. The fourth-order valence-corrected chi connectivity index (χ4v) is 2.75. The second kappa shape index (κ2) is 8.63. The van der Waals surface area contributed by atoms with Crippen LogP contribution in [0.1, 0.15) is 37.4 Å². The van der Waals surface area contributed by atoms with Gasteiger partial charge in [-0.1, -0.05) is 6.58 Å². The average molecular weight is 380 g/mol. The highest BCUT2D eigenvalue weighted by molar-refractivity contribution is 5.86. The van der Waals surface area contributed by atoms with E-state index in [0.29, 0.717) is 5.76 Å². The third-order valence-electron chi connectivity index (χ3n) is 3.74. The van der Waals surface area contributed by atoms with E-state index in [0.717, 1.165) is 0 Å². The van der Waals surface area contributed by atoms with Crippen molar-refractivity contribution in [2.75, 3.05) is 6.61 Å². The number of hydrogen-bond donors (Lipinski definition) is 1. The molecule has 146 valence electrons. The van der Waals surface area contributed by atoms with E-state index >= 15 is 0 Å². The summed E-state index contributed by atoms with van der Waals surface area (Å²) in [6.45, 7) is 7.66. The maximum Gasteiger partial charge on any atom is 0.341 e. The van der Waals surface area contributed by atoms with Crippen molar-refractivity contribution in [3.05, 3.63) is 42.4 Å². The number of ether oxygens (including phenoxy) is 4. The molecule has 0 saturated carbocycles. The number of aromatic nitrogens is 1. The first-order chi connectivity index (χ1) is 12.7. The van der Waals surface area contributed by atoms with Gasteiger partial charge in [-0.25, -0.2) is 4.79 Å². The fourth-order valence-electron chi connectivity index (χ4n) is 2.75. The number of carboxylic acid groups (broad SMARTS) is 1. The van der Waals surface area contributed by atoms with Gasteiger partial charge in [0.2, 0.25) is 6.10 Å². The van der Waals surface area contributed by atoms with E-state index in [1.165, 1.54) is 30.7 Å². The van der Waals surface area contributed by atoms with Crippen molar-refractivity contribution in [1.82, 2.24) is 0 Å². The second-order valence-corrected chi connectivity index (χ2v) is 6.07. The summed E-state index contributed by atoms with van der Waals surface area (Å²) in [5.41, 5.74) is 0.0441. The summed E-state index contributed by atoms with van der Waals surface area (Å²) in [6, 6.07) is 2.98. The van der Waals surface area contributed by atoms with Crippen LogP contribution in [0.15, 0.2) is 36.9 Å². The molecule has 0 bridgehead atoms. The van der Waals surface area contributed by atoms with Crippen LogP contribution in [0.4, 0.5) is 0 Å². The van der Waals surface area contributed by atoms with Gasteiger partial charge in [0.25, 0.3) is 0 Å². The van der Waals surface area contributed by atoms with Gasteiger partial charge in [-0.2, -0.15) is 4.57 Å². The Morgan fingerprint density at radius 1 is 1.19 bits per heavy atom. The normalized spacial score (nSPS) is 24.1. The van der Waals surface area contributed by atoms with Crippen LogP contribution in [-0.4, -0.2) is 47.9 Å². The monoisotopic (exact) mass is 380 g/mol. The van der Waals surface area contributed by atoms with Crippen LogP contribution in [-0.2, 0) is 28.5 Å². The van der Waals surface area contributed by atoms with Gasteiger partial charge in [0, 0.05) is 19.9 Å². The Hall–Kier alpha value is -2.94. The molecule has 27 heavy (non-hydrogen) atoms. The molecule has 1 aromatic rings. The third kappa shape index (κ3) is 5.27. The van der Waals surface area contributed by atoms with Crippen molar-refractivity contribution in [3.63, 3.8) is 0 Å². The zero-order valence-corrected chi connectivity index (χ0v) is 15.3. The summed E-state index contributed by atoms with van der Waals surface area (Å²) in [7, 11) is 0. The van der Waals surface area contributed by atoms with Gasteiger partial charge in [0.05, 0.1) is 5.76 Å². The topological polar surface area (TPSA) is 112 Å². The lowest BCUT2D eigenvalue weighted by Crippen LogP contribution is -2.48. The molecule has 0 radical (unpaired) electrons. The SMILES string of the molecule is C=C(C)O[C@@H]1[C@H](OC(C)=O)[C@@H](COC(C)=O)O[C@H]1[n+]1cccc(C(=O)O)c1. The molecule has 1 N–H and O–H groups in total. The van der Waals surface area contributed by atoms with Gasteiger partial charge in [-0.3, -0.25) is 9.59 Å². The van der Waals surface area contributed by atoms with E-state index in [9.17, 15) is 19.5 Å². The molecule has 2 rings (SSSR count). The Morgan fingerprint density at radius 3 is 2.44 bits per heavy atom. The Bertz CT molecular complexity index is 747. The zero-order chi connectivity index (χ0) is 20.1. The second-order valence-electron chi connectivity index (χ2n) is 6.07. The van der Waals surface area contributed by atoms with Gasteiger partial charge in [0.15, 0.2) is 18.5 Å². The maximum atomic E-state index is 11.6. The number of rotatable bonds is 7. The van der Waals surface area contributed by atoms with Gasteiger partial charge in [-0.05, 0) is 13.0 Å². The number of carbonyl (C=O) groups is 3. The Labute approximate surface area is 156 Å². The lowest BCUT2D eigenvalue weighted by Gasteiger charge is -2.22. The summed E-state index contributed by atoms with van der Waals surface area (Å²) in [5.74, 6) is -1.82. The summed E-state index contributed by atoms with van der Waals surface area (Å²) >= 11 is 0. The molecule has 0 aliphatic carbocycles. The Morgan fingerprint density at radius 2 is 1.89 bits per heavy atom. The molecule has 2 heterocycles. The largest absolute Gasteiger partial charge is 0.482 e. The Kier molecular flexibility index (Phi) is 6.51. The number of allylic oxidation sites excluding steroid dienone is 1. The quantitative estimate of drug-likeness (QED) is 0.423. The Balaban J connectivity index is 2.39.